The zero-order valence-electron chi connectivity index (χ0n) is 10.1. The maximum Gasteiger partial charge on any atom is 0.322 e. The van der Waals surface area contributed by atoms with Crippen LogP contribution in [-0.2, 0) is 6.54 Å². The van der Waals surface area contributed by atoms with Crippen LogP contribution in [0.15, 0.2) is 10.6 Å². The second-order valence-corrected chi connectivity index (χ2v) is 4.33. The maximum absolute atomic E-state index is 11.8. The predicted molar refractivity (Wildman–Crippen MR) is 63.3 cm³/mol. The van der Waals surface area contributed by atoms with Gasteiger partial charge in [-0.2, -0.15) is 0 Å². The highest BCUT2D eigenvalue weighted by atomic mass is 16.4. The third-order valence-corrected chi connectivity index (χ3v) is 2.72. The average Bonchev–Trinajstić information content (AvgIpc) is 2.96. The molecule has 100 valence electrons. The van der Waals surface area contributed by atoms with Gasteiger partial charge in [-0.15, -0.1) is 10.2 Å². The molecule has 0 bridgehead atoms. The van der Waals surface area contributed by atoms with Crippen molar-refractivity contribution in [3.05, 3.63) is 17.8 Å². The summed E-state index contributed by atoms with van der Waals surface area (Å²) >= 11 is 0. The van der Waals surface area contributed by atoms with E-state index in [4.69, 9.17) is 10.2 Å². The number of nitrogens with zero attached hydrogens (tertiary/aromatic N) is 5. The molecule has 1 amide bonds. The van der Waals surface area contributed by atoms with Crippen molar-refractivity contribution in [3.8, 4) is 0 Å². The van der Waals surface area contributed by atoms with Gasteiger partial charge in [0.05, 0.1) is 12.7 Å². The monoisotopic (exact) mass is 263 g/mol. The third-order valence-electron chi connectivity index (χ3n) is 2.72. The predicted octanol–water partition coefficient (Wildman–Crippen LogP) is -0.251. The molecule has 0 atom stereocenters. The minimum atomic E-state index is -0.436. The van der Waals surface area contributed by atoms with Crippen LogP contribution in [0.3, 0.4) is 0 Å². The molecule has 0 unspecified atom stereocenters. The van der Waals surface area contributed by atoms with E-state index >= 15 is 0 Å². The summed E-state index contributed by atoms with van der Waals surface area (Å²) in [5.41, 5.74) is 5.56. The number of anilines is 1. The van der Waals surface area contributed by atoms with Crippen LogP contribution in [0.1, 0.15) is 35.1 Å². The van der Waals surface area contributed by atoms with E-state index in [1.165, 1.54) is 10.9 Å². The first-order valence-corrected chi connectivity index (χ1v) is 6.01. The summed E-state index contributed by atoms with van der Waals surface area (Å²) in [4.78, 5) is 11.8. The number of carbonyl (C=O) groups excluding carboxylic acids is 1. The topological polar surface area (TPSA) is 125 Å². The van der Waals surface area contributed by atoms with Gasteiger partial charge in [-0.1, -0.05) is 10.3 Å². The van der Waals surface area contributed by atoms with Crippen LogP contribution < -0.4 is 11.1 Å². The summed E-state index contributed by atoms with van der Waals surface area (Å²) in [5, 5.41) is 17.6. The number of amides is 1. The molecule has 1 aliphatic rings. The zero-order valence-corrected chi connectivity index (χ0v) is 10.1. The molecule has 0 radical (unpaired) electrons. The quantitative estimate of drug-likeness (QED) is 0.761. The van der Waals surface area contributed by atoms with E-state index in [2.05, 4.69) is 25.8 Å². The molecule has 9 nitrogen and oxygen atoms in total. The normalized spacial score (nSPS) is 14.6. The lowest BCUT2D eigenvalue weighted by atomic mass is 10.4. The summed E-state index contributed by atoms with van der Waals surface area (Å²) in [6, 6.07) is 0.0836. The fourth-order valence-corrected chi connectivity index (χ4v) is 1.59. The Bertz CT molecular complexity index is 586. The molecule has 1 aliphatic carbocycles. The van der Waals surface area contributed by atoms with E-state index in [0.717, 1.165) is 12.8 Å². The van der Waals surface area contributed by atoms with Gasteiger partial charge in [0.15, 0.2) is 5.69 Å². The minimum Gasteiger partial charge on any atom is -0.408 e. The fourth-order valence-electron chi connectivity index (χ4n) is 1.59. The van der Waals surface area contributed by atoms with Crippen molar-refractivity contribution in [2.75, 3.05) is 11.9 Å². The number of nitrogens with two attached hydrogens (primary N) is 1. The van der Waals surface area contributed by atoms with E-state index in [1.54, 1.807) is 0 Å². The van der Waals surface area contributed by atoms with Crippen LogP contribution in [0.2, 0.25) is 0 Å². The first kappa shape index (κ1) is 11.8. The molecular formula is C10H13N7O2. The van der Waals surface area contributed by atoms with Crippen molar-refractivity contribution < 1.29 is 9.21 Å². The van der Waals surface area contributed by atoms with Gasteiger partial charge >= 0.3 is 6.01 Å². The highest BCUT2D eigenvalue weighted by molar-refractivity contribution is 6.01. The molecule has 19 heavy (non-hydrogen) atoms. The minimum absolute atomic E-state index is 0.0836. The first-order chi connectivity index (χ1) is 9.26. The number of hydrogen-bond acceptors (Lipinski definition) is 7. The Morgan fingerprint density at radius 2 is 2.32 bits per heavy atom. The Morgan fingerprint density at radius 3 is 3.05 bits per heavy atom. The molecule has 0 saturated heterocycles. The maximum atomic E-state index is 11.8. The van der Waals surface area contributed by atoms with Crippen molar-refractivity contribution in [1.29, 1.82) is 0 Å². The van der Waals surface area contributed by atoms with Crippen LogP contribution in [0.4, 0.5) is 6.01 Å². The van der Waals surface area contributed by atoms with Crippen molar-refractivity contribution in [2.24, 2.45) is 5.73 Å². The summed E-state index contributed by atoms with van der Waals surface area (Å²) < 4.78 is 6.82. The highest BCUT2D eigenvalue weighted by Gasteiger charge is 2.29. The first-order valence-electron chi connectivity index (χ1n) is 6.01. The lowest BCUT2D eigenvalue weighted by Gasteiger charge is -1.95. The zero-order chi connectivity index (χ0) is 13.2. The molecule has 0 aromatic carbocycles. The van der Waals surface area contributed by atoms with Crippen LogP contribution >= 0.6 is 0 Å². The van der Waals surface area contributed by atoms with Crippen LogP contribution in [0.5, 0.6) is 0 Å². The van der Waals surface area contributed by atoms with Crippen molar-refractivity contribution in [2.45, 2.75) is 25.3 Å². The molecule has 3 rings (SSSR count). The number of rotatable bonds is 5. The van der Waals surface area contributed by atoms with E-state index in [0.29, 0.717) is 24.9 Å². The summed E-state index contributed by atoms with van der Waals surface area (Å²) in [5.74, 6) is 0.486. The average molecular weight is 263 g/mol. The second-order valence-electron chi connectivity index (χ2n) is 4.33. The smallest absolute Gasteiger partial charge is 0.322 e. The molecule has 2 aromatic rings. The molecule has 0 spiro atoms. The number of carbonyl (C=O) groups is 1. The van der Waals surface area contributed by atoms with Crippen LogP contribution in [-0.4, -0.2) is 37.6 Å². The van der Waals surface area contributed by atoms with E-state index < -0.39 is 5.91 Å². The van der Waals surface area contributed by atoms with Gasteiger partial charge in [-0.25, -0.2) is 0 Å². The Morgan fingerprint density at radius 1 is 1.47 bits per heavy atom. The van der Waals surface area contributed by atoms with E-state index in [1.807, 2.05) is 0 Å². The summed E-state index contributed by atoms with van der Waals surface area (Å²) in [6.45, 7) is 0.936. The summed E-state index contributed by atoms with van der Waals surface area (Å²) in [7, 11) is 0. The van der Waals surface area contributed by atoms with Crippen molar-refractivity contribution >= 4 is 11.9 Å². The SMILES string of the molecule is NCCn1cc(C(=O)Nc2nnc(C3CC3)o2)nn1. The highest BCUT2D eigenvalue weighted by Crippen LogP contribution is 2.39. The van der Waals surface area contributed by atoms with Crippen LogP contribution in [0, 0.1) is 0 Å². The van der Waals surface area contributed by atoms with Crippen LogP contribution in [0.25, 0.3) is 0 Å². The summed E-state index contributed by atoms with van der Waals surface area (Å²) in [6.07, 6.45) is 3.63. The fraction of sp³-hybridized carbons (Fsp3) is 0.500. The number of nitrogens with one attached hydrogen (secondary N) is 1. The van der Waals surface area contributed by atoms with Gasteiger partial charge < -0.3 is 10.2 Å². The Balaban J connectivity index is 1.65. The molecule has 0 aliphatic heterocycles. The Kier molecular flexibility index (Phi) is 2.95. The molecule has 2 heterocycles. The molecule has 9 heteroatoms. The molecule has 2 aromatic heterocycles. The Labute approximate surface area is 108 Å². The largest absolute Gasteiger partial charge is 0.408 e. The van der Waals surface area contributed by atoms with Crippen molar-refractivity contribution in [1.82, 2.24) is 25.2 Å². The second kappa shape index (κ2) is 4.76. The van der Waals surface area contributed by atoms with Gasteiger partial charge in [-0.05, 0) is 12.8 Å². The Hall–Kier alpha value is -2.29. The van der Waals surface area contributed by atoms with Crippen molar-refractivity contribution in [3.63, 3.8) is 0 Å². The molecular weight excluding hydrogens is 250 g/mol. The van der Waals surface area contributed by atoms with Gasteiger partial charge in [0.1, 0.15) is 0 Å². The van der Waals surface area contributed by atoms with E-state index in [9.17, 15) is 4.79 Å². The number of aromatic nitrogens is 5. The van der Waals surface area contributed by atoms with Gasteiger partial charge in [0.2, 0.25) is 5.89 Å². The lowest BCUT2D eigenvalue weighted by molar-refractivity contribution is 0.101. The number of hydrogen-bond donors (Lipinski definition) is 2. The molecule has 1 saturated carbocycles. The molecule has 3 N–H and O–H groups in total. The van der Waals surface area contributed by atoms with E-state index in [-0.39, 0.29) is 11.7 Å². The lowest BCUT2D eigenvalue weighted by Crippen LogP contribution is -2.13. The van der Waals surface area contributed by atoms with Gasteiger partial charge in [-0.3, -0.25) is 14.8 Å². The van der Waals surface area contributed by atoms with Gasteiger partial charge in [0, 0.05) is 12.5 Å². The standard InChI is InChI=1S/C10H13N7O2/c11-3-4-17-5-7(13-16-17)8(18)12-10-15-14-9(19-10)6-1-2-6/h5-6H,1-4,11H2,(H,12,15,18). The van der Waals surface area contributed by atoms with Gasteiger partial charge in [0.25, 0.3) is 5.91 Å². The third kappa shape index (κ3) is 2.60. The molecule has 1 fully saturated rings.